The van der Waals surface area contributed by atoms with Crippen LogP contribution in [0.4, 0.5) is 4.39 Å². The Kier molecular flexibility index (Phi) is 4.39. The summed E-state index contributed by atoms with van der Waals surface area (Å²) in [6.45, 7) is 0.804. The number of benzene rings is 2. The third-order valence-electron chi connectivity index (χ3n) is 3.83. The second-order valence-electron chi connectivity index (χ2n) is 5.49. The van der Waals surface area contributed by atoms with Crippen LogP contribution in [0, 0.1) is 11.7 Å². The fraction of sp³-hybridized carbons (Fsp3) is 0.333. The number of halogens is 1. The van der Waals surface area contributed by atoms with Crippen molar-refractivity contribution in [3.63, 3.8) is 0 Å². The monoisotopic (exact) mass is 286 g/mol. The van der Waals surface area contributed by atoms with Crippen LogP contribution >= 0.6 is 0 Å². The standard InChI is InChI=1S/C18H19FO2/c19-15-5-7-17(8-6-15)21-18-11-9-16(10-12-18)20-13-14-3-1-2-4-14/h5-12,14H,1-4,13H2. The van der Waals surface area contributed by atoms with Gasteiger partial charge in [-0.1, -0.05) is 12.8 Å². The van der Waals surface area contributed by atoms with Gasteiger partial charge < -0.3 is 9.47 Å². The molecule has 0 aliphatic heterocycles. The molecule has 3 rings (SSSR count). The lowest BCUT2D eigenvalue weighted by Crippen LogP contribution is -2.07. The van der Waals surface area contributed by atoms with E-state index in [1.165, 1.54) is 37.8 Å². The summed E-state index contributed by atoms with van der Waals surface area (Å²) in [6, 6.07) is 13.5. The second kappa shape index (κ2) is 6.61. The molecule has 0 saturated heterocycles. The zero-order valence-electron chi connectivity index (χ0n) is 11.9. The first-order valence-corrected chi connectivity index (χ1v) is 7.46. The Morgan fingerprint density at radius 2 is 1.33 bits per heavy atom. The maximum absolute atomic E-state index is 12.8. The van der Waals surface area contributed by atoms with Gasteiger partial charge in [-0.3, -0.25) is 0 Å². The first-order valence-electron chi connectivity index (χ1n) is 7.46. The van der Waals surface area contributed by atoms with Crippen LogP contribution in [-0.2, 0) is 0 Å². The van der Waals surface area contributed by atoms with E-state index >= 15 is 0 Å². The fourth-order valence-electron chi connectivity index (χ4n) is 2.63. The normalized spacial score (nSPS) is 15.1. The Bertz CT molecular complexity index is 557. The van der Waals surface area contributed by atoms with Crippen LogP contribution in [0.2, 0.25) is 0 Å². The van der Waals surface area contributed by atoms with Gasteiger partial charge in [0, 0.05) is 0 Å². The van der Waals surface area contributed by atoms with Gasteiger partial charge in [-0.25, -0.2) is 4.39 Å². The zero-order chi connectivity index (χ0) is 14.5. The predicted molar refractivity (Wildman–Crippen MR) is 80.4 cm³/mol. The molecule has 3 heteroatoms. The van der Waals surface area contributed by atoms with E-state index in [1.807, 2.05) is 24.3 Å². The van der Waals surface area contributed by atoms with Crippen LogP contribution in [-0.4, -0.2) is 6.61 Å². The highest BCUT2D eigenvalue weighted by Crippen LogP contribution is 2.27. The molecule has 0 heterocycles. The summed E-state index contributed by atoms with van der Waals surface area (Å²) in [6.07, 6.45) is 5.23. The van der Waals surface area contributed by atoms with Gasteiger partial charge in [-0.05, 0) is 67.3 Å². The molecule has 1 aliphatic carbocycles. The van der Waals surface area contributed by atoms with E-state index in [0.29, 0.717) is 11.7 Å². The largest absolute Gasteiger partial charge is 0.493 e. The number of hydrogen-bond acceptors (Lipinski definition) is 2. The summed E-state index contributed by atoms with van der Waals surface area (Å²) in [5.41, 5.74) is 0. The van der Waals surface area contributed by atoms with Crippen LogP contribution in [0.25, 0.3) is 0 Å². The first-order chi connectivity index (χ1) is 10.3. The third kappa shape index (κ3) is 3.97. The van der Waals surface area contributed by atoms with Crippen molar-refractivity contribution < 1.29 is 13.9 Å². The van der Waals surface area contributed by atoms with Crippen LogP contribution in [0.5, 0.6) is 17.2 Å². The van der Waals surface area contributed by atoms with Gasteiger partial charge in [0.15, 0.2) is 0 Å². The summed E-state index contributed by atoms with van der Waals surface area (Å²) in [5, 5.41) is 0. The highest BCUT2D eigenvalue weighted by molar-refractivity contribution is 5.35. The molecule has 21 heavy (non-hydrogen) atoms. The molecule has 1 fully saturated rings. The van der Waals surface area contributed by atoms with Gasteiger partial charge in [-0.2, -0.15) is 0 Å². The Hall–Kier alpha value is -2.03. The number of hydrogen-bond donors (Lipinski definition) is 0. The minimum Gasteiger partial charge on any atom is -0.493 e. The van der Waals surface area contributed by atoms with Crippen molar-refractivity contribution in [2.24, 2.45) is 5.92 Å². The maximum atomic E-state index is 12.8. The maximum Gasteiger partial charge on any atom is 0.127 e. The molecule has 2 aromatic carbocycles. The number of ether oxygens (including phenoxy) is 2. The van der Waals surface area contributed by atoms with Crippen molar-refractivity contribution in [1.82, 2.24) is 0 Å². The van der Waals surface area contributed by atoms with E-state index < -0.39 is 0 Å². The summed E-state index contributed by atoms with van der Waals surface area (Å²) >= 11 is 0. The van der Waals surface area contributed by atoms with Gasteiger partial charge in [0.1, 0.15) is 23.1 Å². The first kappa shape index (κ1) is 13.9. The molecule has 0 N–H and O–H groups in total. The molecule has 0 atom stereocenters. The molecule has 1 saturated carbocycles. The van der Waals surface area contributed by atoms with Crippen molar-refractivity contribution in [1.29, 1.82) is 0 Å². The second-order valence-corrected chi connectivity index (χ2v) is 5.49. The Morgan fingerprint density at radius 1 is 0.810 bits per heavy atom. The average molecular weight is 286 g/mol. The number of rotatable bonds is 5. The van der Waals surface area contributed by atoms with Gasteiger partial charge in [0.05, 0.1) is 6.61 Å². The summed E-state index contributed by atoms with van der Waals surface area (Å²) in [4.78, 5) is 0. The van der Waals surface area contributed by atoms with E-state index in [1.54, 1.807) is 12.1 Å². The molecule has 0 aromatic heterocycles. The van der Waals surface area contributed by atoms with Crippen molar-refractivity contribution in [2.45, 2.75) is 25.7 Å². The summed E-state index contributed by atoms with van der Waals surface area (Å²) < 4.78 is 24.3. The highest BCUT2D eigenvalue weighted by atomic mass is 19.1. The predicted octanol–water partition coefficient (Wildman–Crippen LogP) is 5.19. The SMILES string of the molecule is Fc1ccc(Oc2ccc(OCC3CCCC3)cc2)cc1. The molecule has 0 spiro atoms. The molecular formula is C18H19FO2. The van der Waals surface area contributed by atoms with Crippen molar-refractivity contribution >= 4 is 0 Å². The summed E-state index contributed by atoms with van der Waals surface area (Å²) in [7, 11) is 0. The van der Waals surface area contributed by atoms with E-state index in [2.05, 4.69) is 0 Å². The molecular weight excluding hydrogens is 267 g/mol. The quantitative estimate of drug-likeness (QED) is 0.753. The zero-order valence-corrected chi connectivity index (χ0v) is 11.9. The minimum absolute atomic E-state index is 0.266. The Balaban J connectivity index is 1.54. The van der Waals surface area contributed by atoms with Crippen LogP contribution < -0.4 is 9.47 Å². The molecule has 0 radical (unpaired) electrons. The third-order valence-corrected chi connectivity index (χ3v) is 3.83. The topological polar surface area (TPSA) is 18.5 Å². The van der Waals surface area contributed by atoms with Crippen molar-refractivity contribution in [3.05, 3.63) is 54.3 Å². The van der Waals surface area contributed by atoms with Crippen LogP contribution in [0.15, 0.2) is 48.5 Å². The molecule has 2 aromatic rings. The molecule has 0 bridgehead atoms. The Morgan fingerprint density at radius 3 is 1.95 bits per heavy atom. The molecule has 1 aliphatic rings. The lowest BCUT2D eigenvalue weighted by Gasteiger charge is -2.12. The van der Waals surface area contributed by atoms with E-state index in [4.69, 9.17) is 9.47 Å². The Labute approximate surface area is 124 Å². The van der Waals surface area contributed by atoms with Crippen LogP contribution in [0.1, 0.15) is 25.7 Å². The molecule has 110 valence electrons. The highest BCUT2D eigenvalue weighted by Gasteiger charge is 2.15. The molecule has 0 amide bonds. The fourth-order valence-corrected chi connectivity index (χ4v) is 2.63. The van der Waals surface area contributed by atoms with Crippen molar-refractivity contribution in [3.8, 4) is 17.2 Å². The lowest BCUT2D eigenvalue weighted by molar-refractivity contribution is 0.252. The van der Waals surface area contributed by atoms with E-state index in [-0.39, 0.29) is 5.82 Å². The van der Waals surface area contributed by atoms with Gasteiger partial charge in [0.25, 0.3) is 0 Å². The molecule has 0 unspecified atom stereocenters. The average Bonchev–Trinajstić information content (AvgIpc) is 3.02. The van der Waals surface area contributed by atoms with Crippen molar-refractivity contribution in [2.75, 3.05) is 6.61 Å². The lowest BCUT2D eigenvalue weighted by atomic mass is 10.1. The van der Waals surface area contributed by atoms with Gasteiger partial charge in [0.2, 0.25) is 0 Å². The van der Waals surface area contributed by atoms with Gasteiger partial charge >= 0.3 is 0 Å². The molecule has 2 nitrogen and oxygen atoms in total. The van der Waals surface area contributed by atoms with Gasteiger partial charge in [-0.15, -0.1) is 0 Å². The van der Waals surface area contributed by atoms with E-state index in [0.717, 1.165) is 18.1 Å². The van der Waals surface area contributed by atoms with E-state index in [9.17, 15) is 4.39 Å². The minimum atomic E-state index is -0.266. The summed E-state index contributed by atoms with van der Waals surface area (Å²) in [5.74, 6) is 2.65. The van der Waals surface area contributed by atoms with Crippen LogP contribution in [0.3, 0.4) is 0 Å². The smallest absolute Gasteiger partial charge is 0.127 e.